The molecule has 0 aliphatic carbocycles. The molecule has 2 aromatic rings. The molecule has 0 spiro atoms. The fraction of sp³-hybridized carbons (Fsp3) is 0.235. The van der Waals surface area contributed by atoms with Gasteiger partial charge in [0.2, 0.25) is 0 Å². The zero-order valence-corrected chi connectivity index (χ0v) is 11.8. The van der Waals surface area contributed by atoms with Crippen LogP contribution in [0.4, 0.5) is 5.69 Å². The topological polar surface area (TPSA) is 40.5 Å². The first-order chi connectivity index (χ1) is 9.61. The Balaban J connectivity index is 2.28. The molecule has 3 nitrogen and oxygen atoms in total. The molecule has 0 aliphatic heterocycles. The van der Waals surface area contributed by atoms with Gasteiger partial charge in [0.15, 0.2) is 5.78 Å². The van der Waals surface area contributed by atoms with Crippen molar-refractivity contribution in [1.82, 2.24) is 0 Å². The van der Waals surface area contributed by atoms with E-state index in [0.29, 0.717) is 12.1 Å². The second kappa shape index (κ2) is 6.24. The normalized spacial score (nSPS) is 10.3. The maximum atomic E-state index is 11.4. The van der Waals surface area contributed by atoms with Gasteiger partial charge in [-0.25, -0.2) is 0 Å². The molecule has 2 rings (SSSR count). The molecule has 0 atom stereocenters. The van der Waals surface area contributed by atoms with Crippen molar-refractivity contribution >= 4 is 11.5 Å². The summed E-state index contributed by atoms with van der Waals surface area (Å²) in [5.74, 6) is 0.235. The van der Waals surface area contributed by atoms with Crippen molar-refractivity contribution in [1.29, 1.82) is 0 Å². The lowest BCUT2D eigenvalue weighted by molar-refractivity contribution is 0.101. The van der Waals surface area contributed by atoms with E-state index in [0.717, 1.165) is 17.8 Å². The van der Waals surface area contributed by atoms with Crippen LogP contribution in [0.3, 0.4) is 0 Å². The van der Waals surface area contributed by atoms with Crippen LogP contribution >= 0.6 is 0 Å². The number of aromatic hydroxyl groups is 1. The first kappa shape index (κ1) is 14.1. The van der Waals surface area contributed by atoms with Crippen molar-refractivity contribution in [3.05, 3.63) is 59.7 Å². The minimum atomic E-state index is 0.00834. The molecule has 1 N–H and O–H groups in total. The summed E-state index contributed by atoms with van der Waals surface area (Å²) in [6, 6.07) is 15.0. The Bertz CT molecular complexity index is 593. The molecular formula is C17H19NO2. The van der Waals surface area contributed by atoms with E-state index in [9.17, 15) is 9.90 Å². The number of ketones is 1. The van der Waals surface area contributed by atoms with Crippen LogP contribution in [-0.2, 0) is 6.54 Å². The molecule has 0 aliphatic rings. The minimum absolute atomic E-state index is 0.00834. The summed E-state index contributed by atoms with van der Waals surface area (Å²) in [6.45, 7) is 5.00. The average molecular weight is 269 g/mol. The predicted octanol–water partition coefficient (Wildman–Crippen LogP) is 3.62. The van der Waals surface area contributed by atoms with Crippen LogP contribution in [-0.4, -0.2) is 17.4 Å². The van der Waals surface area contributed by atoms with Gasteiger partial charge in [-0.05, 0) is 44.2 Å². The lowest BCUT2D eigenvalue weighted by Gasteiger charge is -2.23. The van der Waals surface area contributed by atoms with E-state index in [4.69, 9.17) is 0 Å². The monoisotopic (exact) mass is 269 g/mol. The van der Waals surface area contributed by atoms with Crippen LogP contribution < -0.4 is 4.90 Å². The molecule has 104 valence electrons. The summed E-state index contributed by atoms with van der Waals surface area (Å²) < 4.78 is 0. The van der Waals surface area contributed by atoms with Crippen LogP contribution in [0, 0.1) is 0 Å². The van der Waals surface area contributed by atoms with E-state index in [1.165, 1.54) is 6.92 Å². The van der Waals surface area contributed by atoms with Gasteiger partial charge in [-0.3, -0.25) is 4.79 Å². The standard InChI is InChI=1S/C17H19NO2/c1-3-18(16-7-5-4-6-8-16)12-15-11-14(13(2)19)9-10-17(15)20/h4-11,20H,3,12H2,1-2H3. The maximum absolute atomic E-state index is 11.4. The number of hydrogen-bond donors (Lipinski definition) is 1. The lowest BCUT2D eigenvalue weighted by atomic mass is 10.1. The van der Waals surface area contributed by atoms with Crippen LogP contribution in [0.15, 0.2) is 48.5 Å². The van der Waals surface area contributed by atoms with Gasteiger partial charge in [0.05, 0.1) is 0 Å². The van der Waals surface area contributed by atoms with Crippen molar-refractivity contribution in [2.24, 2.45) is 0 Å². The minimum Gasteiger partial charge on any atom is -0.508 e. The second-order valence-electron chi connectivity index (χ2n) is 4.75. The number of Topliss-reactive ketones (excluding diaryl/α,β-unsaturated/α-hetero) is 1. The summed E-state index contributed by atoms with van der Waals surface area (Å²) in [7, 11) is 0. The highest BCUT2D eigenvalue weighted by Gasteiger charge is 2.10. The third-order valence-corrected chi connectivity index (χ3v) is 3.35. The van der Waals surface area contributed by atoms with Crippen molar-refractivity contribution in [2.45, 2.75) is 20.4 Å². The number of hydrogen-bond acceptors (Lipinski definition) is 3. The summed E-state index contributed by atoms with van der Waals surface area (Å²) in [5.41, 5.74) is 2.49. The number of benzene rings is 2. The lowest BCUT2D eigenvalue weighted by Crippen LogP contribution is -2.22. The molecular weight excluding hydrogens is 250 g/mol. The Morgan fingerprint density at radius 2 is 1.85 bits per heavy atom. The smallest absolute Gasteiger partial charge is 0.159 e. The van der Waals surface area contributed by atoms with E-state index in [1.54, 1.807) is 18.2 Å². The first-order valence-corrected chi connectivity index (χ1v) is 6.74. The molecule has 0 radical (unpaired) electrons. The number of carbonyl (C=O) groups excluding carboxylic acids is 1. The van der Waals surface area contributed by atoms with E-state index in [1.807, 2.05) is 30.3 Å². The van der Waals surface area contributed by atoms with Crippen molar-refractivity contribution in [3.63, 3.8) is 0 Å². The number of phenolic OH excluding ortho intramolecular Hbond substituents is 1. The second-order valence-corrected chi connectivity index (χ2v) is 4.75. The Labute approximate surface area is 119 Å². The van der Waals surface area contributed by atoms with E-state index in [2.05, 4.69) is 11.8 Å². The Morgan fingerprint density at radius 3 is 2.45 bits per heavy atom. The van der Waals surface area contributed by atoms with Crippen LogP contribution in [0.1, 0.15) is 29.8 Å². The number of anilines is 1. The molecule has 0 bridgehead atoms. The van der Waals surface area contributed by atoms with Gasteiger partial charge in [-0.15, -0.1) is 0 Å². The molecule has 0 unspecified atom stereocenters. The van der Waals surface area contributed by atoms with Crippen LogP contribution in [0.5, 0.6) is 5.75 Å². The Hall–Kier alpha value is -2.29. The van der Waals surface area contributed by atoms with Gasteiger partial charge in [0.1, 0.15) is 5.75 Å². The van der Waals surface area contributed by atoms with Crippen molar-refractivity contribution in [2.75, 3.05) is 11.4 Å². The Morgan fingerprint density at radius 1 is 1.15 bits per heavy atom. The zero-order chi connectivity index (χ0) is 14.5. The van der Waals surface area contributed by atoms with E-state index >= 15 is 0 Å². The van der Waals surface area contributed by atoms with Crippen molar-refractivity contribution < 1.29 is 9.90 Å². The van der Waals surface area contributed by atoms with Gasteiger partial charge in [0, 0.05) is 29.9 Å². The number of phenols is 1. The molecule has 0 saturated heterocycles. The number of nitrogens with zero attached hydrogens (tertiary/aromatic N) is 1. The molecule has 0 fully saturated rings. The van der Waals surface area contributed by atoms with Gasteiger partial charge >= 0.3 is 0 Å². The molecule has 20 heavy (non-hydrogen) atoms. The van der Waals surface area contributed by atoms with Crippen molar-refractivity contribution in [3.8, 4) is 5.75 Å². The SMILES string of the molecule is CCN(Cc1cc(C(C)=O)ccc1O)c1ccccc1. The van der Waals surface area contributed by atoms with Crippen LogP contribution in [0.25, 0.3) is 0 Å². The van der Waals surface area contributed by atoms with Gasteiger partial charge in [0.25, 0.3) is 0 Å². The first-order valence-electron chi connectivity index (χ1n) is 6.74. The summed E-state index contributed by atoms with van der Waals surface area (Å²) in [6.07, 6.45) is 0. The summed E-state index contributed by atoms with van der Waals surface area (Å²) in [4.78, 5) is 13.6. The maximum Gasteiger partial charge on any atom is 0.159 e. The molecule has 0 heterocycles. The summed E-state index contributed by atoms with van der Waals surface area (Å²) >= 11 is 0. The summed E-state index contributed by atoms with van der Waals surface area (Å²) in [5, 5.41) is 9.97. The number of carbonyl (C=O) groups is 1. The highest BCUT2D eigenvalue weighted by atomic mass is 16.3. The van der Waals surface area contributed by atoms with E-state index in [-0.39, 0.29) is 11.5 Å². The highest BCUT2D eigenvalue weighted by Crippen LogP contribution is 2.23. The number of rotatable bonds is 5. The van der Waals surface area contributed by atoms with E-state index < -0.39 is 0 Å². The van der Waals surface area contributed by atoms with Gasteiger partial charge in [-0.2, -0.15) is 0 Å². The zero-order valence-electron chi connectivity index (χ0n) is 11.8. The fourth-order valence-electron chi connectivity index (χ4n) is 2.16. The molecule has 3 heteroatoms. The van der Waals surface area contributed by atoms with Crippen LogP contribution in [0.2, 0.25) is 0 Å². The quantitative estimate of drug-likeness (QED) is 0.843. The average Bonchev–Trinajstić information content (AvgIpc) is 2.47. The van der Waals surface area contributed by atoms with Gasteiger partial charge in [-0.1, -0.05) is 18.2 Å². The van der Waals surface area contributed by atoms with Gasteiger partial charge < -0.3 is 10.0 Å². The molecule has 2 aromatic carbocycles. The largest absolute Gasteiger partial charge is 0.508 e. The molecule has 0 amide bonds. The third kappa shape index (κ3) is 3.18. The molecule has 0 saturated carbocycles. The predicted molar refractivity (Wildman–Crippen MR) is 81.3 cm³/mol. The molecule has 0 aromatic heterocycles. The fourth-order valence-corrected chi connectivity index (χ4v) is 2.16. The third-order valence-electron chi connectivity index (χ3n) is 3.35. The highest BCUT2D eigenvalue weighted by molar-refractivity contribution is 5.94. The number of para-hydroxylation sites is 1. The Kier molecular flexibility index (Phi) is 4.41.